The molecule has 0 spiro atoms. The number of nitrogens with zero attached hydrogens (tertiary/aromatic N) is 4. The van der Waals surface area contributed by atoms with Crippen LogP contribution in [0.15, 0.2) is 48.9 Å². The second-order valence-corrected chi connectivity index (χ2v) is 11.7. The summed E-state index contributed by atoms with van der Waals surface area (Å²) in [5.41, 5.74) is 7.65. The van der Waals surface area contributed by atoms with E-state index in [0.29, 0.717) is 17.9 Å². The lowest BCUT2D eigenvalue weighted by Gasteiger charge is -2.43. The average molecular weight is 484 g/mol. The van der Waals surface area contributed by atoms with Gasteiger partial charge in [-0.3, -0.25) is 0 Å². The van der Waals surface area contributed by atoms with Crippen LogP contribution in [0, 0.1) is 0 Å². The fourth-order valence-corrected chi connectivity index (χ4v) is 6.74. The van der Waals surface area contributed by atoms with Gasteiger partial charge in [-0.25, -0.2) is 4.98 Å². The molecular weight excluding hydrogens is 442 g/mol. The topological polar surface area (TPSA) is 39.6 Å². The predicted octanol–water partition coefficient (Wildman–Crippen LogP) is 6.66. The van der Waals surface area contributed by atoms with E-state index in [1.165, 1.54) is 85.1 Å². The second-order valence-electron chi connectivity index (χ2n) is 11.7. The van der Waals surface area contributed by atoms with Crippen molar-refractivity contribution in [2.45, 2.75) is 77.3 Å². The number of pyridine rings is 1. The Labute approximate surface area is 215 Å². The maximum Gasteiger partial charge on any atom is 0.136 e. The molecule has 2 saturated heterocycles. The number of rotatable bonds is 5. The number of H-pyrrole nitrogens is 1. The van der Waals surface area contributed by atoms with Crippen molar-refractivity contribution in [2.24, 2.45) is 0 Å². The second kappa shape index (κ2) is 9.68. The Hall–Kier alpha value is -2.63. The van der Waals surface area contributed by atoms with Crippen molar-refractivity contribution in [3.8, 4) is 11.3 Å². The van der Waals surface area contributed by atoms with Gasteiger partial charge in [-0.15, -0.1) is 0 Å². The molecule has 0 radical (unpaired) electrons. The van der Waals surface area contributed by atoms with E-state index in [1.54, 1.807) is 0 Å². The summed E-state index contributed by atoms with van der Waals surface area (Å²) in [7, 11) is 0. The highest BCUT2D eigenvalue weighted by Gasteiger charge is 2.29. The van der Waals surface area contributed by atoms with Gasteiger partial charge in [-0.2, -0.15) is 0 Å². The Kier molecular flexibility index (Phi) is 6.38. The fraction of sp³-hybridized carbons (Fsp3) is 0.516. The summed E-state index contributed by atoms with van der Waals surface area (Å²) in [6.45, 7) is 14.3. The Bertz CT molecular complexity index is 1330. The Balaban J connectivity index is 1.22. The van der Waals surface area contributed by atoms with Crippen molar-refractivity contribution in [1.82, 2.24) is 24.2 Å². The van der Waals surface area contributed by atoms with Gasteiger partial charge in [0.05, 0.1) is 5.69 Å². The van der Waals surface area contributed by atoms with E-state index >= 15 is 0 Å². The average Bonchev–Trinajstić information content (AvgIpc) is 3.52. The number of hydrogen-bond acceptors (Lipinski definition) is 3. The predicted molar refractivity (Wildman–Crippen MR) is 150 cm³/mol. The van der Waals surface area contributed by atoms with Gasteiger partial charge in [0.2, 0.25) is 0 Å². The number of imidazole rings is 1. The van der Waals surface area contributed by atoms with Gasteiger partial charge >= 0.3 is 0 Å². The van der Waals surface area contributed by atoms with Crippen molar-refractivity contribution >= 4 is 16.6 Å². The molecule has 0 atom stereocenters. The summed E-state index contributed by atoms with van der Waals surface area (Å²) >= 11 is 0. The third-order valence-electron chi connectivity index (χ3n) is 8.86. The smallest absolute Gasteiger partial charge is 0.136 e. The first kappa shape index (κ1) is 23.7. The van der Waals surface area contributed by atoms with Crippen molar-refractivity contribution in [3.05, 3.63) is 60.0 Å². The highest BCUT2D eigenvalue weighted by atomic mass is 15.2. The first-order valence-corrected chi connectivity index (χ1v) is 14.0. The van der Waals surface area contributed by atoms with E-state index in [4.69, 9.17) is 0 Å². The molecule has 4 aromatic rings. The molecule has 5 heterocycles. The Morgan fingerprint density at radius 2 is 1.69 bits per heavy atom. The van der Waals surface area contributed by atoms with Crippen LogP contribution in [-0.2, 0) is 0 Å². The SMILES string of the molecule is CC(C)c1c(-c2ccc3nccn3c2)[nH]c2ccc(C3CCN(C4CCN(C(C)C)CC4)CC3)cc12. The number of nitrogens with one attached hydrogen (secondary N) is 1. The minimum Gasteiger partial charge on any atom is -0.354 e. The van der Waals surface area contributed by atoms with Crippen LogP contribution in [0.4, 0.5) is 0 Å². The summed E-state index contributed by atoms with van der Waals surface area (Å²) in [6.07, 6.45) is 11.3. The van der Waals surface area contributed by atoms with Crippen LogP contribution < -0.4 is 0 Å². The third kappa shape index (κ3) is 4.37. The molecule has 2 aliphatic heterocycles. The molecule has 36 heavy (non-hydrogen) atoms. The lowest BCUT2D eigenvalue weighted by molar-refractivity contribution is 0.0753. The highest BCUT2D eigenvalue weighted by molar-refractivity contribution is 5.92. The van der Waals surface area contributed by atoms with E-state index < -0.39 is 0 Å². The van der Waals surface area contributed by atoms with Crippen molar-refractivity contribution in [1.29, 1.82) is 0 Å². The van der Waals surface area contributed by atoms with E-state index in [0.717, 1.165) is 11.7 Å². The molecule has 1 N–H and O–H groups in total. The van der Waals surface area contributed by atoms with E-state index in [1.807, 2.05) is 12.4 Å². The van der Waals surface area contributed by atoms with Gasteiger partial charge < -0.3 is 19.2 Å². The lowest BCUT2D eigenvalue weighted by atomic mass is 9.86. The summed E-state index contributed by atoms with van der Waals surface area (Å²) in [5, 5.41) is 1.40. The molecule has 0 aliphatic carbocycles. The molecule has 0 bridgehead atoms. The number of fused-ring (bicyclic) bond motifs is 2. The minimum absolute atomic E-state index is 0.445. The molecule has 5 nitrogen and oxygen atoms in total. The maximum absolute atomic E-state index is 4.41. The summed E-state index contributed by atoms with van der Waals surface area (Å²) in [4.78, 5) is 13.6. The number of benzene rings is 1. The Morgan fingerprint density at radius 3 is 2.42 bits per heavy atom. The molecule has 0 unspecified atom stereocenters. The standard InChI is InChI=1S/C31H41N5/c1-21(2)30-27-19-24(23-9-14-35(15-10-23)26-11-16-34(17-12-26)22(3)4)5-7-28(27)33-31(30)25-6-8-29-32-13-18-36(29)20-25/h5-8,13,18-23,26,33H,9-12,14-17H2,1-4H3. The van der Waals surface area contributed by atoms with Crippen LogP contribution in [0.3, 0.4) is 0 Å². The normalized spacial score (nSPS) is 19.4. The minimum atomic E-state index is 0.445. The van der Waals surface area contributed by atoms with Crippen molar-refractivity contribution in [3.63, 3.8) is 0 Å². The quantitative estimate of drug-likeness (QED) is 0.345. The van der Waals surface area contributed by atoms with Gasteiger partial charge in [0, 0.05) is 47.1 Å². The number of hydrogen-bond donors (Lipinski definition) is 1. The van der Waals surface area contributed by atoms with Gasteiger partial charge in [0.1, 0.15) is 5.65 Å². The molecule has 6 rings (SSSR count). The third-order valence-corrected chi connectivity index (χ3v) is 8.86. The largest absolute Gasteiger partial charge is 0.354 e. The van der Waals surface area contributed by atoms with Gasteiger partial charge in [0.15, 0.2) is 0 Å². The molecule has 5 heteroatoms. The molecule has 0 saturated carbocycles. The lowest BCUT2D eigenvalue weighted by Crippen LogP contribution is -2.48. The zero-order chi connectivity index (χ0) is 24.8. The monoisotopic (exact) mass is 483 g/mol. The van der Waals surface area contributed by atoms with Crippen LogP contribution in [0.2, 0.25) is 0 Å². The first-order chi connectivity index (χ1) is 17.5. The Morgan fingerprint density at radius 1 is 0.917 bits per heavy atom. The molecule has 2 aliphatic rings. The van der Waals surface area contributed by atoms with Gasteiger partial charge in [0.25, 0.3) is 0 Å². The molecular formula is C31H41N5. The van der Waals surface area contributed by atoms with Gasteiger partial charge in [-0.05, 0) is 113 Å². The summed E-state index contributed by atoms with van der Waals surface area (Å²) in [5.74, 6) is 1.11. The molecule has 2 fully saturated rings. The van der Waals surface area contributed by atoms with E-state index in [9.17, 15) is 0 Å². The summed E-state index contributed by atoms with van der Waals surface area (Å²) in [6, 6.07) is 13.0. The fourth-order valence-electron chi connectivity index (χ4n) is 6.74. The van der Waals surface area contributed by atoms with E-state index in [2.05, 4.69) is 88.4 Å². The van der Waals surface area contributed by atoms with Crippen LogP contribution in [-0.4, -0.2) is 62.4 Å². The molecule has 0 amide bonds. The van der Waals surface area contributed by atoms with Crippen LogP contribution in [0.5, 0.6) is 0 Å². The zero-order valence-electron chi connectivity index (χ0n) is 22.4. The van der Waals surface area contributed by atoms with Crippen LogP contribution in [0.25, 0.3) is 27.8 Å². The first-order valence-electron chi connectivity index (χ1n) is 14.0. The van der Waals surface area contributed by atoms with Crippen LogP contribution >= 0.6 is 0 Å². The summed E-state index contributed by atoms with van der Waals surface area (Å²) < 4.78 is 2.11. The number of aromatic amines is 1. The molecule has 190 valence electrons. The van der Waals surface area contributed by atoms with Crippen LogP contribution in [0.1, 0.15) is 76.3 Å². The number of likely N-dealkylation sites (tertiary alicyclic amines) is 2. The number of aromatic nitrogens is 3. The maximum atomic E-state index is 4.41. The number of piperidine rings is 2. The van der Waals surface area contributed by atoms with Crippen molar-refractivity contribution < 1.29 is 0 Å². The highest BCUT2D eigenvalue weighted by Crippen LogP contribution is 2.38. The van der Waals surface area contributed by atoms with Crippen molar-refractivity contribution in [2.75, 3.05) is 26.2 Å². The molecule has 1 aromatic carbocycles. The molecule has 3 aromatic heterocycles. The van der Waals surface area contributed by atoms with Gasteiger partial charge in [-0.1, -0.05) is 19.9 Å². The zero-order valence-corrected chi connectivity index (χ0v) is 22.4. The van der Waals surface area contributed by atoms with E-state index in [-0.39, 0.29) is 0 Å².